The largest absolute Gasteiger partial charge is 0.387 e. The Labute approximate surface area is 111 Å². The fourth-order valence-corrected chi connectivity index (χ4v) is 1.99. The van der Waals surface area contributed by atoms with E-state index in [0.717, 1.165) is 25.2 Å². The third-order valence-corrected chi connectivity index (χ3v) is 3.18. The van der Waals surface area contributed by atoms with E-state index in [9.17, 15) is 5.11 Å². The molecule has 0 radical (unpaired) electrons. The van der Waals surface area contributed by atoms with Crippen molar-refractivity contribution in [3.63, 3.8) is 0 Å². The molecule has 0 fully saturated rings. The molecule has 0 aliphatic carbocycles. The van der Waals surface area contributed by atoms with E-state index < -0.39 is 6.10 Å². The van der Waals surface area contributed by atoms with Crippen LogP contribution in [0.5, 0.6) is 0 Å². The summed E-state index contributed by atoms with van der Waals surface area (Å²) in [4.78, 5) is 6.35. The summed E-state index contributed by atoms with van der Waals surface area (Å²) in [5.41, 5.74) is 0.961. The minimum atomic E-state index is -0.401. The lowest BCUT2D eigenvalue weighted by atomic mass is 10.1. The molecule has 0 aliphatic heterocycles. The van der Waals surface area contributed by atoms with Gasteiger partial charge in [0.2, 0.25) is 0 Å². The van der Waals surface area contributed by atoms with Crippen molar-refractivity contribution >= 4 is 0 Å². The van der Waals surface area contributed by atoms with Crippen molar-refractivity contribution in [2.24, 2.45) is 0 Å². The fraction of sp³-hybridized carbons (Fsp3) is 0.667. The molecule has 3 nitrogen and oxygen atoms in total. The van der Waals surface area contributed by atoms with Crippen LogP contribution in [0.3, 0.4) is 0 Å². The third-order valence-electron chi connectivity index (χ3n) is 3.18. The van der Waals surface area contributed by atoms with Gasteiger partial charge in [-0.3, -0.25) is 4.98 Å². The molecule has 1 aromatic rings. The number of hydrogen-bond acceptors (Lipinski definition) is 3. The Morgan fingerprint density at radius 2 is 1.67 bits per heavy atom. The zero-order chi connectivity index (χ0) is 13.2. The number of aliphatic hydroxyl groups is 1. The van der Waals surface area contributed by atoms with Crippen LogP contribution in [-0.4, -0.2) is 34.6 Å². The first-order valence-electron chi connectivity index (χ1n) is 7.08. The molecule has 1 atom stereocenters. The normalized spacial score (nSPS) is 12.9. The first-order valence-corrected chi connectivity index (χ1v) is 7.08. The van der Waals surface area contributed by atoms with Crippen LogP contribution in [0.4, 0.5) is 0 Å². The molecule has 1 heterocycles. The smallest absolute Gasteiger partial charge is 0.0918 e. The van der Waals surface area contributed by atoms with Crippen LogP contribution in [-0.2, 0) is 0 Å². The highest BCUT2D eigenvalue weighted by Gasteiger charge is 2.12. The van der Waals surface area contributed by atoms with Gasteiger partial charge >= 0.3 is 0 Å². The Bertz CT molecular complexity index is 295. The maximum absolute atomic E-state index is 10.2. The summed E-state index contributed by atoms with van der Waals surface area (Å²) in [7, 11) is 0. The topological polar surface area (TPSA) is 36.4 Å². The molecule has 1 rings (SSSR count). The highest BCUT2D eigenvalue weighted by Crippen LogP contribution is 2.13. The van der Waals surface area contributed by atoms with E-state index in [2.05, 4.69) is 23.7 Å². The molecule has 3 heteroatoms. The highest BCUT2D eigenvalue weighted by atomic mass is 16.3. The predicted octanol–water partition coefficient (Wildman–Crippen LogP) is 3.02. The Morgan fingerprint density at radius 3 is 2.17 bits per heavy atom. The number of unbranched alkanes of at least 4 members (excludes halogenated alkanes) is 2. The summed E-state index contributed by atoms with van der Waals surface area (Å²) in [6.07, 6.45) is 7.88. The second kappa shape index (κ2) is 9.06. The Morgan fingerprint density at radius 1 is 1.11 bits per heavy atom. The summed E-state index contributed by atoms with van der Waals surface area (Å²) in [6.45, 7) is 7.30. The number of hydrogen-bond donors (Lipinski definition) is 1. The zero-order valence-electron chi connectivity index (χ0n) is 11.7. The van der Waals surface area contributed by atoms with Gasteiger partial charge in [-0.1, -0.05) is 26.7 Å². The SMILES string of the molecule is CCCCN(CCCC)CC(O)c1ccncc1. The Hall–Kier alpha value is -0.930. The molecule has 18 heavy (non-hydrogen) atoms. The van der Waals surface area contributed by atoms with Gasteiger partial charge < -0.3 is 10.0 Å². The highest BCUT2D eigenvalue weighted by molar-refractivity contribution is 5.13. The van der Waals surface area contributed by atoms with Crippen LogP contribution in [0.1, 0.15) is 51.2 Å². The molecule has 0 bridgehead atoms. The molecule has 0 saturated heterocycles. The van der Waals surface area contributed by atoms with Crippen LogP contribution in [0, 0.1) is 0 Å². The van der Waals surface area contributed by atoms with E-state index in [1.807, 2.05) is 12.1 Å². The van der Waals surface area contributed by atoms with Crippen LogP contribution in [0.15, 0.2) is 24.5 Å². The molecule has 1 N–H and O–H groups in total. The van der Waals surface area contributed by atoms with Crippen molar-refractivity contribution in [2.45, 2.75) is 45.6 Å². The van der Waals surface area contributed by atoms with Gasteiger partial charge in [0.15, 0.2) is 0 Å². The molecule has 0 aliphatic rings. The summed E-state index contributed by atoms with van der Waals surface area (Å²) >= 11 is 0. The second-order valence-corrected chi connectivity index (χ2v) is 4.80. The Balaban J connectivity index is 2.47. The van der Waals surface area contributed by atoms with E-state index in [0.29, 0.717) is 0 Å². The quantitative estimate of drug-likeness (QED) is 0.732. The fourth-order valence-electron chi connectivity index (χ4n) is 1.99. The average molecular weight is 250 g/mol. The molecule has 0 amide bonds. The predicted molar refractivity (Wildman–Crippen MR) is 75.5 cm³/mol. The van der Waals surface area contributed by atoms with Crippen LogP contribution >= 0.6 is 0 Å². The first kappa shape index (κ1) is 15.1. The molecule has 0 spiro atoms. The van der Waals surface area contributed by atoms with Crippen molar-refractivity contribution in [3.8, 4) is 0 Å². The molecule has 1 unspecified atom stereocenters. The summed E-state index contributed by atoms with van der Waals surface area (Å²) in [5.74, 6) is 0. The summed E-state index contributed by atoms with van der Waals surface area (Å²) in [5, 5.41) is 10.2. The van der Waals surface area contributed by atoms with Crippen LogP contribution < -0.4 is 0 Å². The average Bonchev–Trinajstić information content (AvgIpc) is 2.42. The van der Waals surface area contributed by atoms with E-state index in [4.69, 9.17) is 0 Å². The van der Waals surface area contributed by atoms with E-state index in [1.54, 1.807) is 12.4 Å². The van der Waals surface area contributed by atoms with Crippen molar-refractivity contribution in [1.82, 2.24) is 9.88 Å². The standard InChI is InChI=1S/C15H26N2O/c1-3-5-11-17(12-6-4-2)13-15(18)14-7-9-16-10-8-14/h7-10,15,18H,3-6,11-13H2,1-2H3. The summed E-state index contributed by atoms with van der Waals surface area (Å²) < 4.78 is 0. The van der Waals surface area contributed by atoms with E-state index in [1.165, 1.54) is 25.7 Å². The van der Waals surface area contributed by atoms with Crippen molar-refractivity contribution in [2.75, 3.05) is 19.6 Å². The maximum atomic E-state index is 10.2. The number of nitrogens with zero attached hydrogens (tertiary/aromatic N) is 2. The monoisotopic (exact) mass is 250 g/mol. The minimum Gasteiger partial charge on any atom is -0.387 e. The van der Waals surface area contributed by atoms with E-state index in [-0.39, 0.29) is 0 Å². The lowest BCUT2D eigenvalue weighted by Gasteiger charge is -2.25. The van der Waals surface area contributed by atoms with Gasteiger partial charge in [0.1, 0.15) is 0 Å². The molecule has 0 saturated carbocycles. The Kier molecular flexibility index (Phi) is 7.62. The van der Waals surface area contributed by atoms with Gasteiger partial charge in [-0.25, -0.2) is 0 Å². The van der Waals surface area contributed by atoms with Gasteiger partial charge in [-0.2, -0.15) is 0 Å². The van der Waals surface area contributed by atoms with Gasteiger partial charge in [0.05, 0.1) is 6.10 Å². The second-order valence-electron chi connectivity index (χ2n) is 4.80. The van der Waals surface area contributed by atoms with E-state index >= 15 is 0 Å². The lowest BCUT2D eigenvalue weighted by Crippen LogP contribution is -2.30. The zero-order valence-corrected chi connectivity index (χ0v) is 11.7. The molecule has 0 aromatic carbocycles. The van der Waals surface area contributed by atoms with Crippen molar-refractivity contribution < 1.29 is 5.11 Å². The van der Waals surface area contributed by atoms with Gasteiger partial charge in [0.25, 0.3) is 0 Å². The molecule has 1 aromatic heterocycles. The minimum absolute atomic E-state index is 0.401. The third kappa shape index (κ3) is 5.61. The van der Waals surface area contributed by atoms with Gasteiger partial charge in [-0.15, -0.1) is 0 Å². The van der Waals surface area contributed by atoms with Crippen molar-refractivity contribution in [1.29, 1.82) is 0 Å². The number of pyridine rings is 1. The van der Waals surface area contributed by atoms with Crippen LogP contribution in [0.2, 0.25) is 0 Å². The number of rotatable bonds is 9. The number of aromatic nitrogens is 1. The first-order chi connectivity index (χ1) is 8.77. The molecular weight excluding hydrogens is 224 g/mol. The van der Waals surface area contributed by atoms with Gasteiger partial charge in [0, 0.05) is 18.9 Å². The van der Waals surface area contributed by atoms with Crippen molar-refractivity contribution in [3.05, 3.63) is 30.1 Å². The van der Waals surface area contributed by atoms with Crippen LogP contribution in [0.25, 0.3) is 0 Å². The molecule has 102 valence electrons. The number of aliphatic hydroxyl groups excluding tert-OH is 1. The van der Waals surface area contributed by atoms with Gasteiger partial charge in [-0.05, 0) is 43.6 Å². The molecular formula is C15H26N2O. The summed E-state index contributed by atoms with van der Waals surface area (Å²) in [6, 6.07) is 3.78. The maximum Gasteiger partial charge on any atom is 0.0918 e. The lowest BCUT2D eigenvalue weighted by molar-refractivity contribution is 0.111.